The van der Waals surface area contributed by atoms with Gasteiger partial charge in [0.25, 0.3) is 0 Å². The quantitative estimate of drug-likeness (QED) is 0.794. The van der Waals surface area contributed by atoms with E-state index in [4.69, 9.17) is 4.74 Å². The minimum Gasteiger partial charge on any atom is -0.381 e. The Kier molecular flexibility index (Phi) is 5.09. The normalized spacial score (nSPS) is 30.1. The summed E-state index contributed by atoms with van der Waals surface area (Å²) in [5, 5.41) is 3.34. The van der Waals surface area contributed by atoms with Crippen LogP contribution in [0.3, 0.4) is 0 Å². The molecule has 19 heavy (non-hydrogen) atoms. The third kappa shape index (κ3) is 3.23. The summed E-state index contributed by atoms with van der Waals surface area (Å²) in [7, 11) is 0. The van der Waals surface area contributed by atoms with Crippen LogP contribution in [0.25, 0.3) is 0 Å². The second-order valence-electron chi connectivity index (χ2n) is 6.17. The van der Waals surface area contributed by atoms with Crippen molar-refractivity contribution >= 4 is 18.3 Å². The number of amides is 1. The first-order valence-corrected chi connectivity index (χ1v) is 7.36. The highest BCUT2D eigenvalue weighted by Crippen LogP contribution is 2.40. The Morgan fingerprint density at radius 2 is 2.05 bits per heavy atom. The van der Waals surface area contributed by atoms with Gasteiger partial charge in [-0.15, -0.1) is 12.4 Å². The first-order chi connectivity index (χ1) is 8.79. The van der Waals surface area contributed by atoms with Crippen molar-refractivity contribution in [2.75, 3.05) is 39.4 Å². The Morgan fingerprint density at radius 1 is 1.26 bits per heavy atom. The first kappa shape index (κ1) is 15.1. The maximum atomic E-state index is 12.5. The number of piperidine rings is 1. The summed E-state index contributed by atoms with van der Waals surface area (Å²) in [5.41, 5.74) is 0.385. The van der Waals surface area contributed by atoms with E-state index in [-0.39, 0.29) is 18.3 Å². The van der Waals surface area contributed by atoms with Crippen LogP contribution in [-0.2, 0) is 9.53 Å². The van der Waals surface area contributed by atoms with Crippen molar-refractivity contribution in [3.8, 4) is 0 Å². The molecule has 0 saturated carbocycles. The van der Waals surface area contributed by atoms with Crippen LogP contribution in [0.2, 0.25) is 0 Å². The van der Waals surface area contributed by atoms with Crippen molar-refractivity contribution < 1.29 is 9.53 Å². The summed E-state index contributed by atoms with van der Waals surface area (Å²) in [5.74, 6) is 0.624. The Bertz CT molecular complexity index is 313. The molecule has 0 aromatic carbocycles. The van der Waals surface area contributed by atoms with Gasteiger partial charge >= 0.3 is 0 Å². The number of hydrogen-bond acceptors (Lipinski definition) is 3. The van der Waals surface area contributed by atoms with Crippen LogP contribution in [0.15, 0.2) is 0 Å². The summed E-state index contributed by atoms with van der Waals surface area (Å²) in [6.07, 6.45) is 5.67. The fourth-order valence-electron chi connectivity index (χ4n) is 3.66. The second kappa shape index (κ2) is 6.42. The molecule has 5 heteroatoms. The molecule has 3 rings (SSSR count). The van der Waals surface area contributed by atoms with E-state index in [9.17, 15) is 4.79 Å². The molecule has 4 nitrogen and oxygen atoms in total. The van der Waals surface area contributed by atoms with Crippen molar-refractivity contribution in [2.24, 2.45) is 11.3 Å². The lowest BCUT2D eigenvalue weighted by molar-refractivity contribution is -0.135. The standard InChI is InChI=1S/C14H24N2O2.ClH/c17-13(12-2-1-6-15-10-12)16-7-3-14(11-16)4-8-18-9-5-14;/h12,15H,1-11H2;1H/t12-;/m1./s1. The molecule has 3 aliphatic heterocycles. The van der Waals surface area contributed by atoms with Gasteiger partial charge in [-0.05, 0) is 44.1 Å². The highest BCUT2D eigenvalue weighted by atomic mass is 35.5. The van der Waals surface area contributed by atoms with E-state index in [2.05, 4.69) is 10.2 Å². The predicted octanol–water partition coefficient (Wildman–Crippen LogP) is 1.44. The Balaban J connectivity index is 0.00000133. The minimum absolute atomic E-state index is 0. The zero-order chi connectivity index (χ0) is 12.4. The van der Waals surface area contributed by atoms with Gasteiger partial charge in [-0.3, -0.25) is 4.79 Å². The average Bonchev–Trinajstić information content (AvgIpc) is 2.83. The third-order valence-electron chi connectivity index (χ3n) is 4.95. The summed E-state index contributed by atoms with van der Waals surface area (Å²) in [4.78, 5) is 14.6. The van der Waals surface area contributed by atoms with Gasteiger partial charge in [0.2, 0.25) is 5.91 Å². The van der Waals surface area contributed by atoms with Crippen LogP contribution in [0.4, 0.5) is 0 Å². The van der Waals surface area contributed by atoms with E-state index in [1.165, 1.54) is 6.42 Å². The molecule has 0 aliphatic carbocycles. The predicted molar refractivity (Wildman–Crippen MR) is 76.5 cm³/mol. The minimum atomic E-state index is 0. The number of rotatable bonds is 1. The monoisotopic (exact) mass is 288 g/mol. The van der Waals surface area contributed by atoms with E-state index >= 15 is 0 Å². The number of carbonyl (C=O) groups is 1. The van der Waals surface area contributed by atoms with Gasteiger partial charge in [-0.2, -0.15) is 0 Å². The summed E-state index contributed by atoms with van der Waals surface area (Å²) < 4.78 is 5.45. The van der Waals surface area contributed by atoms with Crippen LogP contribution >= 0.6 is 12.4 Å². The number of ether oxygens (including phenoxy) is 1. The van der Waals surface area contributed by atoms with Crippen LogP contribution in [0.5, 0.6) is 0 Å². The van der Waals surface area contributed by atoms with Gasteiger partial charge in [-0.1, -0.05) is 0 Å². The molecule has 1 atom stereocenters. The zero-order valence-corrected chi connectivity index (χ0v) is 12.3. The molecule has 3 saturated heterocycles. The fraction of sp³-hybridized carbons (Fsp3) is 0.929. The molecule has 0 aromatic heterocycles. The Morgan fingerprint density at radius 3 is 2.74 bits per heavy atom. The molecule has 3 heterocycles. The number of halogens is 1. The largest absolute Gasteiger partial charge is 0.381 e. The summed E-state index contributed by atoms with van der Waals surface area (Å²) in [6.45, 7) is 5.66. The molecular weight excluding hydrogens is 264 g/mol. The molecule has 0 radical (unpaired) electrons. The molecule has 1 amide bonds. The van der Waals surface area contributed by atoms with Crippen LogP contribution in [-0.4, -0.2) is 50.2 Å². The van der Waals surface area contributed by atoms with Crippen LogP contribution in [0.1, 0.15) is 32.1 Å². The first-order valence-electron chi connectivity index (χ1n) is 7.36. The zero-order valence-electron chi connectivity index (χ0n) is 11.5. The molecule has 0 bridgehead atoms. The number of carbonyl (C=O) groups excluding carboxylic acids is 1. The van der Waals surface area contributed by atoms with Gasteiger partial charge in [0.1, 0.15) is 0 Å². The Labute approximate surface area is 121 Å². The highest BCUT2D eigenvalue weighted by molar-refractivity contribution is 5.85. The molecule has 110 valence electrons. The van der Waals surface area contributed by atoms with Gasteiger partial charge < -0.3 is 15.0 Å². The third-order valence-corrected chi connectivity index (χ3v) is 4.95. The van der Waals surface area contributed by atoms with Gasteiger partial charge in [0.05, 0.1) is 5.92 Å². The Hall–Kier alpha value is -0.320. The van der Waals surface area contributed by atoms with Gasteiger partial charge in [-0.25, -0.2) is 0 Å². The van der Waals surface area contributed by atoms with Gasteiger partial charge in [0.15, 0.2) is 0 Å². The van der Waals surface area contributed by atoms with E-state index in [0.29, 0.717) is 11.3 Å². The van der Waals surface area contributed by atoms with E-state index < -0.39 is 0 Å². The maximum Gasteiger partial charge on any atom is 0.226 e. The van der Waals surface area contributed by atoms with Crippen molar-refractivity contribution in [1.29, 1.82) is 0 Å². The van der Waals surface area contributed by atoms with E-state index in [1.807, 2.05) is 0 Å². The number of likely N-dealkylation sites (tertiary alicyclic amines) is 1. The van der Waals surface area contributed by atoms with Crippen LogP contribution in [0, 0.1) is 11.3 Å². The number of nitrogens with zero attached hydrogens (tertiary/aromatic N) is 1. The molecule has 0 unspecified atom stereocenters. The smallest absolute Gasteiger partial charge is 0.226 e. The lowest BCUT2D eigenvalue weighted by atomic mass is 9.80. The second-order valence-corrected chi connectivity index (χ2v) is 6.17. The molecule has 3 fully saturated rings. The van der Waals surface area contributed by atoms with E-state index in [1.54, 1.807) is 0 Å². The molecule has 0 aromatic rings. The lowest BCUT2D eigenvalue weighted by Gasteiger charge is -2.34. The summed E-state index contributed by atoms with van der Waals surface area (Å²) >= 11 is 0. The number of hydrogen-bond donors (Lipinski definition) is 1. The molecule has 1 spiro atoms. The highest BCUT2D eigenvalue weighted by Gasteiger charge is 2.42. The maximum absolute atomic E-state index is 12.5. The lowest BCUT2D eigenvalue weighted by Crippen LogP contribution is -2.43. The molecule has 1 N–H and O–H groups in total. The summed E-state index contributed by atoms with van der Waals surface area (Å²) in [6, 6.07) is 0. The van der Waals surface area contributed by atoms with Crippen LogP contribution < -0.4 is 5.32 Å². The van der Waals surface area contributed by atoms with Crippen molar-refractivity contribution in [1.82, 2.24) is 10.2 Å². The van der Waals surface area contributed by atoms with Crippen molar-refractivity contribution in [3.63, 3.8) is 0 Å². The molecule has 3 aliphatic rings. The fourth-order valence-corrected chi connectivity index (χ4v) is 3.66. The number of nitrogens with one attached hydrogen (secondary N) is 1. The SMILES string of the molecule is Cl.O=C([C@@H]1CCCNC1)N1CCC2(CCOCC2)C1. The topological polar surface area (TPSA) is 41.6 Å². The average molecular weight is 289 g/mol. The molecular formula is C14H25ClN2O2. The van der Waals surface area contributed by atoms with Crippen molar-refractivity contribution in [3.05, 3.63) is 0 Å². The van der Waals surface area contributed by atoms with E-state index in [0.717, 1.165) is 65.1 Å². The van der Waals surface area contributed by atoms with Gasteiger partial charge in [0, 0.05) is 32.8 Å². The van der Waals surface area contributed by atoms with Crippen molar-refractivity contribution in [2.45, 2.75) is 32.1 Å².